The van der Waals surface area contributed by atoms with Crippen LogP contribution in [0.2, 0.25) is 5.02 Å². The average molecular weight is 344 g/mol. The number of hydrogen-bond acceptors (Lipinski definition) is 4. The van der Waals surface area contributed by atoms with Gasteiger partial charge in [0.15, 0.2) is 0 Å². The second-order valence-corrected chi connectivity index (χ2v) is 7.01. The van der Waals surface area contributed by atoms with Crippen molar-refractivity contribution in [2.75, 3.05) is 31.3 Å². The van der Waals surface area contributed by atoms with Crippen molar-refractivity contribution in [1.29, 1.82) is 0 Å². The van der Waals surface area contributed by atoms with E-state index in [2.05, 4.69) is 5.32 Å². The van der Waals surface area contributed by atoms with Crippen LogP contribution in [0.15, 0.2) is 24.3 Å². The van der Waals surface area contributed by atoms with Crippen molar-refractivity contribution >= 4 is 29.3 Å². The van der Waals surface area contributed by atoms with E-state index in [9.17, 15) is 4.79 Å². The summed E-state index contributed by atoms with van der Waals surface area (Å²) < 4.78 is 5.77. The average Bonchev–Trinajstić information content (AvgIpc) is 2.98. The molecule has 0 saturated carbocycles. The molecule has 1 fully saturated rings. The van der Waals surface area contributed by atoms with Crippen LogP contribution in [0.4, 0.5) is 0 Å². The van der Waals surface area contributed by atoms with E-state index < -0.39 is 0 Å². The Morgan fingerprint density at radius 1 is 1.50 bits per heavy atom. The van der Waals surface area contributed by atoms with Crippen LogP contribution in [0.3, 0.4) is 0 Å². The summed E-state index contributed by atoms with van der Waals surface area (Å²) in [6.07, 6.45) is 2.02. The van der Waals surface area contributed by atoms with E-state index in [-0.39, 0.29) is 18.1 Å². The number of rotatable bonds is 8. The number of aliphatic hydroxyl groups excluding tert-OH is 1. The van der Waals surface area contributed by atoms with Crippen molar-refractivity contribution in [3.05, 3.63) is 34.9 Å². The van der Waals surface area contributed by atoms with Gasteiger partial charge in [0.1, 0.15) is 0 Å². The summed E-state index contributed by atoms with van der Waals surface area (Å²) in [4.78, 5) is 12.0. The van der Waals surface area contributed by atoms with E-state index >= 15 is 0 Å². The number of carbonyl (C=O) groups excluding carboxylic acids is 1. The van der Waals surface area contributed by atoms with Gasteiger partial charge in [-0.05, 0) is 36.3 Å². The fourth-order valence-electron chi connectivity index (χ4n) is 2.45. The summed E-state index contributed by atoms with van der Waals surface area (Å²) in [7, 11) is 0. The smallest absolute Gasteiger partial charge is 0.220 e. The van der Waals surface area contributed by atoms with E-state index in [0.717, 1.165) is 23.5 Å². The molecule has 6 heteroatoms. The molecule has 1 heterocycles. The van der Waals surface area contributed by atoms with Gasteiger partial charge in [-0.1, -0.05) is 23.7 Å². The number of benzene rings is 1. The van der Waals surface area contributed by atoms with Crippen LogP contribution in [0.5, 0.6) is 0 Å². The molecule has 1 aromatic carbocycles. The van der Waals surface area contributed by atoms with Gasteiger partial charge in [-0.15, -0.1) is 0 Å². The monoisotopic (exact) mass is 343 g/mol. The number of nitrogens with one attached hydrogen (secondary N) is 1. The van der Waals surface area contributed by atoms with Crippen molar-refractivity contribution < 1.29 is 14.6 Å². The Balaban J connectivity index is 1.76. The topological polar surface area (TPSA) is 58.6 Å². The van der Waals surface area contributed by atoms with Crippen LogP contribution in [0.1, 0.15) is 18.4 Å². The third-order valence-corrected chi connectivity index (χ3v) is 5.16. The highest BCUT2D eigenvalue weighted by molar-refractivity contribution is 7.99. The Morgan fingerprint density at radius 3 is 3.05 bits per heavy atom. The zero-order valence-corrected chi connectivity index (χ0v) is 14.1. The van der Waals surface area contributed by atoms with Gasteiger partial charge in [-0.3, -0.25) is 4.79 Å². The Hall–Kier alpha value is -0.750. The number of thioether (sulfide) groups is 1. The van der Waals surface area contributed by atoms with Crippen LogP contribution in [-0.2, 0) is 16.0 Å². The normalized spacial score (nSPS) is 21.0. The molecule has 22 heavy (non-hydrogen) atoms. The van der Waals surface area contributed by atoms with Crippen LogP contribution >= 0.6 is 23.4 Å². The molecule has 1 aliphatic rings. The molecule has 1 amide bonds. The quantitative estimate of drug-likeness (QED) is 0.760. The largest absolute Gasteiger partial charge is 0.394 e. The third kappa shape index (κ3) is 5.47. The first-order chi connectivity index (χ1) is 10.6. The highest BCUT2D eigenvalue weighted by Crippen LogP contribution is 2.30. The molecule has 1 aliphatic heterocycles. The maximum Gasteiger partial charge on any atom is 0.220 e. The Bertz CT molecular complexity index is 492. The molecular weight excluding hydrogens is 322 g/mol. The number of aliphatic hydroxyl groups is 1. The van der Waals surface area contributed by atoms with Crippen molar-refractivity contribution in [1.82, 2.24) is 5.32 Å². The molecule has 122 valence electrons. The zero-order valence-electron chi connectivity index (χ0n) is 12.5. The lowest BCUT2D eigenvalue weighted by atomic mass is 10.0. The van der Waals surface area contributed by atoms with Gasteiger partial charge in [-0.25, -0.2) is 0 Å². The maximum atomic E-state index is 12.0. The summed E-state index contributed by atoms with van der Waals surface area (Å²) in [5.74, 6) is 1.91. The van der Waals surface area contributed by atoms with Gasteiger partial charge in [0, 0.05) is 23.7 Å². The predicted molar refractivity (Wildman–Crippen MR) is 90.5 cm³/mol. The number of amides is 1. The van der Waals surface area contributed by atoms with E-state index in [0.29, 0.717) is 31.0 Å². The molecule has 0 bridgehead atoms. The molecule has 1 aromatic rings. The maximum absolute atomic E-state index is 12.0. The van der Waals surface area contributed by atoms with E-state index in [1.165, 1.54) is 0 Å². The molecule has 1 unspecified atom stereocenters. The predicted octanol–water partition coefficient (Wildman–Crippen LogP) is 2.27. The molecule has 0 spiro atoms. The summed E-state index contributed by atoms with van der Waals surface area (Å²) in [5, 5.41) is 12.6. The van der Waals surface area contributed by atoms with Gasteiger partial charge in [0.2, 0.25) is 5.91 Å². The first kappa shape index (κ1) is 17.6. The molecule has 2 N–H and O–H groups in total. The number of carbonyl (C=O) groups is 1. The van der Waals surface area contributed by atoms with Crippen molar-refractivity contribution in [3.63, 3.8) is 0 Å². The lowest BCUT2D eigenvalue weighted by Crippen LogP contribution is -2.45. The van der Waals surface area contributed by atoms with E-state index in [1.54, 1.807) is 0 Å². The van der Waals surface area contributed by atoms with Crippen molar-refractivity contribution in [2.24, 2.45) is 0 Å². The minimum Gasteiger partial charge on any atom is -0.394 e. The lowest BCUT2D eigenvalue weighted by Gasteiger charge is -2.28. The Labute approximate surface area is 140 Å². The second kappa shape index (κ2) is 8.77. The fourth-order valence-corrected chi connectivity index (χ4v) is 4.03. The minimum absolute atomic E-state index is 0.00906. The van der Waals surface area contributed by atoms with Crippen LogP contribution in [-0.4, -0.2) is 47.9 Å². The fraction of sp³-hybridized carbons (Fsp3) is 0.562. The highest BCUT2D eigenvalue weighted by Gasteiger charge is 2.35. The second-order valence-electron chi connectivity index (χ2n) is 5.46. The molecule has 0 aromatic heterocycles. The summed E-state index contributed by atoms with van der Waals surface area (Å²) in [6.45, 7) is 0.836. The molecule has 1 saturated heterocycles. The molecule has 4 nitrogen and oxygen atoms in total. The van der Waals surface area contributed by atoms with Crippen LogP contribution in [0, 0.1) is 0 Å². The van der Waals surface area contributed by atoms with Crippen molar-refractivity contribution in [3.8, 4) is 0 Å². The number of hydrogen-bond donors (Lipinski definition) is 2. The minimum atomic E-state index is -0.320. The van der Waals surface area contributed by atoms with Gasteiger partial charge >= 0.3 is 0 Å². The standard InChI is InChI=1S/C16H22ClNO3S/c17-14-3-1-2-13(10-14)4-5-15(20)18-11-16(21-8-7-19)6-9-22-12-16/h1-3,10,19H,4-9,11-12H2,(H,18,20). The molecule has 1 atom stereocenters. The van der Waals surface area contributed by atoms with Crippen LogP contribution in [0.25, 0.3) is 0 Å². The number of aryl methyl sites for hydroxylation is 1. The zero-order chi connectivity index (χ0) is 15.8. The summed E-state index contributed by atoms with van der Waals surface area (Å²) in [6, 6.07) is 7.57. The van der Waals surface area contributed by atoms with Gasteiger partial charge < -0.3 is 15.2 Å². The summed E-state index contributed by atoms with van der Waals surface area (Å²) >= 11 is 7.76. The molecule has 0 radical (unpaired) electrons. The number of ether oxygens (including phenoxy) is 1. The van der Waals surface area contributed by atoms with Gasteiger partial charge in [-0.2, -0.15) is 11.8 Å². The van der Waals surface area contributed by atoms with Crippen LogP contribution < -0.4 is 5.32 Å². The molecule has 0 aliphatic carbocycles. The lowest BCUT2D eigenvalue weighted by molar-refractivity contribution is -0.123. The van der Waals surface area contributed by atoms with Gasteiger partial charge in [0.05, 0.1) is 18.8 Å². The Kier molecular flexibility index (Phi) is 7.02. The Morgan fingerprint density at radius 2 is 2.36 bits per heavy atom. The molecule has 2 rings (SSSR count). The van der Waals surface area contributed by atoms with Crippen molar-refractivity contribution in [2.45, 2.75) is 24.9 Å². The summed E-state index contributed by atoms with van der Waals surface area (Å²) in [5.41, 5.74) is 0.740. The first-order valence-corrected chi connectivity index (χ1v) is 9.00. The third-order valence-electron chi connectivity index (χ3n) is 3.70. The van der Waals surface area contributed by atoms with E-state index in [1.807, 2.05) is 36.0 Å². The van der Waals surface area contributed by atoms with Gasteiger partial charge in [0.25, 0.3) is 0 Å². The van der Waals surface area contributed by atoms with E-state index in [4.69, 9.17) is 21.4 Å². The SMILES string of the molecule is O=C(CCc1cccc(Cl)c1)NCC1(OCCO)CCSC1. The number of halogens is 1. The highest BCUT2D eigenvalue weighted by atomic mass is 35.5. The first-order valence-electron chi connectivity index (χ1n) is 7.47. The molecular formula is C16H22ClNO3S.